The molecule has 1 aliphatic heterocycles. The molecule has 3 nitrogen and oxygen atoms in total. The normalized spacial score (nSPS) is 30.5. The van der Waals surface area contributed by atoms with Gasteiger partial charge in [0.05, 0.1) is 12.1 Å². The molecule has 0 aromatic rings. The third kappa shape index (κ3) is 2.60. The molecule has 0 spiro atoms. The third-order valence-electron chi connectivity index (χ3n) is 3.74. The van der Waals surface area contributed by atoms with Crippen molar-refractivity contribution in [2.45, 2.75) is 50.6 Å². The molecule has 0 aromatic carbocycles. The number of nitrogens with zero attached hydrogens (tertiary/aromatic N) is 1. The molecule has 1 aliphatic carbocycles. The Balaban J connectivity index is 2.20. The summed E-state index contributed by atoms with van der Waals surface area (Å²) < 4.78 is 0. The maximum absolute atomic E-state index is 12.5. The highest BCUT2D eigenvalue weighted by Gasteiger charge is 2.32. The molecule has 3 heteroatoms. The van der Waals surface area contributed by atoms with E-state index in [1.165, 1.54) is 6.42 Å². The van der Waals surface area contributed by atoms with E-state index in [2.05, 4.69) is 24.0 Å². The highest BCUT2D eigenvalue weighted by Crippen LogP contribution is 2.26. The van der Waals surface area contributed by atoms with Crippen molar-refractivity contribution in [1.82, 2.24) is 10.2 Å². The van der Waals surface area contributed by atoms with Gasteiger partial charge >= 0.3 is 0 Å². The first-order chi connectivity index (χ1) is 8.24. The Labute approximate surface area is 104 Å². The average molecular weight is 234 g/mol. The number of likely N-dealkylation sites (tertiary alicyclic amines) is 1. The summed E-state index contributed by atoms with van der Waals surface area (Å²) in [6.45, 7) is 4.09. The predicted molar refractivity (Wildman–Crippen MR) is 69.5 cm³/mol. The quantitative estimate of drug-likeness (QED) is 0.743. The summed E-state index contributed by atoms with van der Waals surface area (Å²) in [5.41, 5.74) is 0.990. The van der Waals surface area contributed by atoms with Crippen molar-refractivity contribution in [1.29, 1.82) is 0 Å². The first-order valence-corrected chi connectivity index (χ1v) is 6.59. The van der Waals surface area contributed by atoms with Crippen molar-refractivity contribution >= 4 is 5.91 Å². The molecule has 2 rings (SSSR count). The minimum atomic E-state index is -0.0374. The monoisotopic (exact) mass is 234 g/mol. The standard InChI is InChI=1S/C14H22N2O/c1-11-7-6-10-13(15-2)14(17)16(11)12-8-4-3-5-9-12/h4,8,12-13,15H,1,3,5-7,9-10H2,2H3. The number of carbonyl (C=O) groups is 1. The lowest BCUT2D eigenvalue weighted by Crippen LogP contribution is -2.47. The van der Waals surface area contributed by atoms with Crippen molar-refractivity contribution in [3.63, 3.8) is 0 Å². The van der Waals surface area contributed by atoms with Crippen molar-refractivity contribution in [2.24, 2.45) is 0 Å². The Kier molecular flexibility index (Phi) is 4.00. The first-order valence-electron chi connectivity index (χ1n) is 6.59. The topological polar surface area (TPSA) is 32.3 Å². The fourth-order valence-corrected chi connectivity index (χ4v) is 2.75. The Morgan fingerprint density at radius 3 is 2.88 bits per heavy atom. The maximum atomic E-state index is 12.5. The van der Waals surface area contributed by atoms with Crippen molar-refractivity contribution < 1.29 is 4.79 Å². The molecule has 1 heterocycles. The molecule has 0 saturated carbocycles. The number of carbonyl (C=O) groups excluding carboxylic acids is 1. The average Bonchev–Trinajstić information content (AvgIpc) is 2.49. The lowest BCUT2D eigenvalue weighted by molar-refractivity contribution is -0.132. The molecular formula is C14H22N2O. The van der Waals surface area contributed by atoms with Crippen LogP contribution >= 0.6 is 0 Å². The minimum absolute atomic E-state index is 0.0374. The third-order valence-corrected chi connectivity index (χ3v) is 3.74. The number of likely N-dealkylation sites (N-methyl/N-ethyl adjacent to an activating group) is 1. The van der Waals surface area contributed by atoms with Crippen molar-refractivity contribution in [3.8, 4) is 0 Å². The summed E-state index contributed by atoms with van der Waals surface area (Å²) >= 11 is 0. The smallest absolute Gasteiger partial charge is 0.244 e. The van der Waals surface area contributed by atoms with Crippen LogP contribution in [0.25, 0.3) is 0 Å². The summed E-state index contributed by atoms with van der Waals surface area (Å²) in [6.07, 6.45) is 10.6. The summed E-state index contributed by atoms with van der Waals surface area (Å²) in [6, 6.07) is 0.197. The number of hydrogen-bond donors (Lipinski definition) is 1. The van der Waals surface area contributed by atoms with E-state index in [9.17, 15) is 4.79 Å². The number of allylic oxidation sites excluding steroid dienone is 2. The largest absolute Gasteiger partial charge is 0.309 e. The second kappa shape index (κ2) is 5.50. The molecule has 1 fully saturated rings. The van der Waals surface area contributed by atoms with Crippen LogP contribution in [0.3, 0.4) is 0 Å². The molecule has 2 atom stereocenters. The molecule has 0 radical (unpaired) electrons. The van der Waals surface area contributed by atoms with Gasteiger partial charge in [-0.05, 0) is 45.6 Å². The van der Waals surface area contributed by atoms with E-state index >= 15 is 0 Å². The highest BCUT2D eigenvalue weighted by molar-refractivity contribution is 5.84. The van der Waals surface area contributed by atoms with Crippen LogP contribution in [0, 0.1) is 0 Å². The molecule has 1 saturated heterocycles. The predicted octanol–water partition coefficient (Wildman–Crippen LogP) is 2.21. The van der Waals surface area contributed by atoms with Gasteiger partial charge in [-0.2, -0.15) is 0 Å². The van der Waals surface area contributed by atoms with E-state index in [0.717, 1.165) is 37.8 Å². The molecule has 94 valence electrons. The Hall–Kier alpha value is -1.09. The van der Waals surface area contributed by atoms with Gasteiger partial charge in [-0.1, -0.05) is 18.7 Å². The van der Waals surface area contributed by atoms with Gasteiger partial charge < -0.3 is 10.2 Å². The van der Waals surface area contributed by atoms with E-state index in [1.807, 2.05) is 11.9 Å². The maximum Gasteiger partial charge on any atom is 0.244 e. The molecule has 1 amide bonds. The fourth-order valence-electron chi connectivity index (χ4n) is 2.75. The summed E-state index contributed by atoms with van der Waals surface area (Å²) in [7, 11) is 1.87. The first kappa shape index (κ1) is 12.4. The van der Waals surface area contributed by atoms with Gasteiger partial charge in [0, 0.05) is 5.70 Å². The van der Waals surface area contributed by atoms with Gasteiger partial charge in [0.2, 0.25) is 5.91 Å². The SMILES string of the molecule is C=C1CCCC(NC)C(=O)N1C1C=CCCC1. The van der Waals surface area contributed by atoms with Crippen molar-refractivity contribution in [2.75, 3.05) is 7.05 Å². The second-order valence-corrected chi connectivity index (χ2v) is 4.93. The van der Waals surface area contributed by atoms with E-state index < -0.39 is 0 Å². The Morgan fingerprint density at radius 2 is 2.24 bits per heavy atom. The molecular weight excluding hydrogens is 212 g/mol. The van der Waals surface area contributed by atoms with Gasteiger partial charge in [-0.3, -0.25) is 4.79 Å². The van der Waals surface area contributed by atoms with E-state index in [4.69, 9.17) is 0 Å². The van der Waals surface area contributed by atoms with E-state index in [1.54, 1.807) is 0 Å². The number of amides is 1. The zero-order valence-corrected chi connectivity index (χ0v) is 10.6. The zero-order valence-electron chi connectivity index (χ0n) is 10.6. The molecule has 17 heavy (non-hydrogen) atoms. The van der Waals surface area contributed by atoms with Crippen molar-refractivity contribution in [3.05, 3.63) is 24.4 Å². The van der Waals surface area contributed by atoms with Crippen LogP contribution in [0.4, 0.5) is 0 Å². The van der Waals surface area contributed by atoms with Crippen LogP contribution < -0.4 is 5.32 Å². The Morgan fingerprint density at radius 1 is 1.41 bits per heavy atom. The lowest BCUT2D eigenvalue weighted by Gasteiger charge is -2.33. The van der Waals surface area contributed by atoms with E-state index in [-0.39, 0.29) is 18.0 Å². The van der Waals surface area contributed by atoms with Crippen LogP contribution in [0.5, 0.6) is 0 Å². The lowest BCUT2D eigenvalue weighted by atomic mass is 10.0. The van der Waals surface area contributed by atoms with Gasteiger partial charge in [0.1, 0.15) is 0 Å². The Bertz CT molecular complexity index is 335. The van der Waals surface area contributed by atoms with Crippen LogP contribution in [0.2, 0.25) is 0 Å². The van der Waals surface area contributed by atoms with Gasteiger partial charge in [0.15, 0.2) is 0 Å². The second-order valence-electron chi connectivity index (χ2n) is 4.93. The molecule has 0 bridgehead atoms. The van der Waals surface area contributed by atoms with Crippen LogP contribution in [0.1, 0.15) is 38.5 Å². The highest BCUT2D eigenvalue weighted by atomic mass is 16.2. The van der Waals surface area contributed by atoms with Gasteiger partial charge in [-0.25, -0.2) is 0 Å². The van der Waals surface area contributed by atoms with Gasteiger partial charge in [0.25, 0.3) is 0 Å². The zero-order chi connectivity index (χ0) is 12.3. The summed E-state index contributed by atoms with van der Waals surface area (Å²) in [5, 5.41) is 3.13. The number of hydrogen-bond acceptors (Lipinski definition) is 2. The van der Waals surface area contributed by atoms with Crippen LogP contribution in [-0.4, -0.2) is 29.9 Å². The molecule has 2 unspecified atom stereocenters. The van der Waals surface area contributed by atoms with Crippen LogP contribution in [-0.2, 0) is 4.79 Å². The fraction of sp³-hybridized carbons (Fsp3) is 0.643. The minimum Gasteiger partial charge on any atom is -0.309 e. The van der Waals surface area contributed by atoms with Crippen LogP contribution in [0.15, 0.2) is 24.4 Å². The number of nitrogens with one attached hydrogen (secondary N) is 1. The summed E-state index contributed by atoms with van der Waals surface area (Å²) in [5.74, 6) is 0.201. The van der Waals surface area contributed by atoms with Gasteiger partial charge in [-0.15, -0.1) is 0 Å². The number of rotatable bonds is 2. The molecule has 1 N–H and O–H groups in total. The molecule has 2 aliphatic rings. The summed E-state index contributed by atoms with van der Waals surface area (Å²) in [4.78, 5) is 14.4. The molecule has 0 aromatic heterocycles. The van der Waals surface area contributed by atoms with E-state index in [0.29, 0.717) is 0 Å².